The Hall–Kier alpha value is -2.59. The fraction of sp³-hybridized carbons (Fsp3) is 0.667. The largest absolute Gasteiger partial charge is 0.493 e. The number of nitrogens with one attached hydrogen (secondary N) is 1. The van der Waals surface area contributed by atoms with Crippen molar-refractivity contribution in [3.05, 3.63) is 29.8 Å². The van der Waals surface area contributed by atoms with E-state index in [1.54, 1.807) is 12.1 Å². The van der Waals surface area contributed by atoms with Crippen LogP contribution in [0.4, 0.5) is 0 Å². The Morgan fingerprint density at radius 1 is 1.18 bits per heavy atom. The molecule has 3 rings (SSSR count). The van der Waals surface area contributed by atoms with E-state index in [9.17, 15) is 9.59 Å². The van der Waals surface area contributed by atoms with Crippen LogP contribution in [-0.2, 0) is 9.59 Å². The number of piperidine rings is 1. The maximum absolute atomic E-state index is 13.6. The summed E-state index contributed by atoms with van der Waals surface area (Å²) < 4.78 is 5.92. The summed E-state index contributed by atoms with van der Waals surface area (Å²) in [4.78, 5) is 30.7. The minimum atomic E-state index is -0.384. The third-order valence-corrected chi connectivity index (χ3v) is 6.76. The number of carbonyl (C=O) groups excluding carboxylic acids is 2. The van der Waals surface area contributed by atoms with Gasteiger partial charge in [-0.2, -0.15) is 5.26 Å². The van der Waals surface area contributed by atoms with E-state index in [0.717, 1.165) is 25.8 Å². The number of rotatable bonds is 9. The average molecular weight is 469 g/mol. The number of hydrogen-bond acceptors (Lipinski definition) is 5. The summed E-state index contributed by atoms with van der Waals surface area (Å²) in [5, 5.41) is 12.4. The summed E-state index contributed by atoms with van der Waals surface area (Å²) >= 11 is 0. The lowest BCUT2D eigenvalue weighted by molar-refractivity contribution is -0.150. The molecule has 2 fully saturated rings. The third kappa shape index (κ3) is 6.96. The number of ether oxygens (including phenoxy) is 1. The maximum atomic E-state index is 13.6. The van der Waals surface area contributed by atoms with Crippen LogP contribution >= 0.6 is 0 Å². The maximum Gasteiger partial charge on any atom is 0.245 e. The molecule has 2 atom stereocenters. The molecular weight excluding hydrogens is 428 g/mol. The molecule has 7 nitrogen and oxygen atoms in total. The monoisotopic (exact) mass is 468 g/mol. The second-order valence-corrected chi connectivity index (χ2v) is 10.5. The number of benzene rings is 1. The highest BCUT2D eigenvalue weighted by molar-refractivity contribution is 5.90. The average Bonchev–Trinajstić information content (AvgIpc) is 2.82. The van der Waals surface area contributed by atoms with Crippen LogP contribution in [0.1, 0.15) is 58.9 Å². The molecule has 0 bridgehead atoms. The van der Waals surface area contributed by atoms with Crippen molar-refractivity contribution in [2.24, 2.45) is 17.8 Å². The molecule has 2 amide bonds. The number of amides is 2. The molecule has 0 saturated carbocycles. The molecule has 1 N–H and O–H groups in total. The van der Waals surface area contributed by atoms with Crippen molar-refractivity contribution >= 4 is 11.8 Å². The van der Waals surface area contributed by atoms with E-state index < -0.39 is 0 Å². The molecule has 2 unspecified atom stereocenters. The Morgan fingerprint density at radius 2 is 1.91 bits per heavy atom. The van der Waals surface area contributed by atoms with E-state index in [0.29, 0.717) is 61.7 Å². The molecule has 1 aromatic rings. The van der Waals surface area contributed by atoms with Gasteiger partial charge in [-0.25, -0.2) is 0 Å². The second-order valence-electron chi connectivity index (χ2n) is 10.5. The van der Waals surface area contributed by atoms with E-state index in [2.05, 4.69) is 39.1 Å². The summed E-state index contributed by atoms with van der Waals surface area (Å²) in [5.41, 5.74) is 0.590. The summed E-state index contributed by atoms with van der Waals surface area (Å²) in [6.07, 6.45) is 3.24. The Labute approximate surface area is 204 Å². The fourth-order valence-corrected chi connectivity index (χ4v) is 4.93. The molecule has 0 aliphatic carbocycles. The smallest absolute Gasteiger partial charge is 0.245 e. The highest BCUT2D eigenvalue weighted by Gasteiger charge is 2.39. The standard InChI is InChI=1S/C27H40N4O3/c1-19(2)14-24-26(32)31(13-10-29-24)25(15-20(3)4)27(33)30-11-8-21(9-12-30)18-34-23-7-5-6-22(16-23)17-28/h5-7,16,19-21,24-25,29H,8-15,18H2,1-4H3. The zero-order valence-electron chi connectivity index (χ0n) is 21.1. The van der Waals surface area contributed by atoms with Crippen molar-refractivity contribution in [3.8, 4) is 11.8 Å². The highest BCUT2D eigenvalue weighted by Crippen LogP contribution is 2.24. The fourth-order valence-electron chi connectivity index (χ4n) is 4.93. The zero-order chi connectivity index (χ0) is 24.7. The van der Waals surface area contributed by atoms with E-state index in [1.807, 2.05) is 21.9 Å². The Morgan fingerprint density at radius 3 is 2.56 bits per heavy atom. The van der Waals surface area contributed by atoms with Crippen LogP contribution in [0.3, 0.4) is 0 Å². The molecule has 2 aliphatic rings. The molecule has 0 aromatic heterocycles. The molecule has 34 heavy (non-hydrogen) atoms. The van der Waals surface area contributed by atoms with Crippen LogP contribution in [0.2, 0.25) is 0 Å². The SMILES string of the molecule is CC(C)CC1NCCN(C(CC(C)C)C(=O)N2CCC(COc3cccc(C#N)c3)CC2)C1=O. The molecular formula is C27H40N4O3. The van der Waals surface area contributed by atoms with Gasteiger partial charge in [-0.05, 0) is 61.6 Å². The first-order valence-corrected chi connectivity index (χ1v) is 12.7. The number of nitriles is 1. The summed E-state index contributed by atoms with van der Waals surface area (Å²) in [5.74, 6) is 1.99. The quantitative estimate of drug-likeness (QED) is 0.600. The van der Waals surface area contributed by atoms with Crippen molar-refractivity contribution in [2.75, 3.05) is 32.8 Å². The molecule has 2 aliphatic heterocycles. The van der Waals surface area contributed by atoms with Crippen LogP contribution in [0, 0.1) is 29.1 Å². The first kappa shape index (κ1) is 26.0. The Balaban J connectivity index is 1.58. The van der Waals surface area contributed by atoms with Gasteiger partial charge in [0, 0.05) is 26.2 Å². The Kier molecular flexibility index (Phi) is 9.35. The van der Waals surface area contributed by atoms with Gasteiger partial charge in [0.05, 0.1) is 24.3 Å². The minimum absolute atomic E-state index is 0.0711. The van der Waals surface area contributed by atoms with Crippen LogP contribution < -0.4 is 10.1 Å². The topological polar surface area (TPSA) is 85.7 Å². The van der Waals surface area contributed by atoms with Crippen molar-refractivity contribution in [1.82, 2.24) is 15.1 Å². The van der Waals surface area contributed by atoms with Crippen LogP contribution in [0.5, 0.6) is 5.75 Å². The lowest BCUT2D eigenvalue weighted by atomic mass is 9.94. The number of likely N-dealkylation sites (tertiary alicyclic amines) is 1. The van der Waals surface area contributed by atoms with Crippen LogP contribution in [0.25, 0.3) is 0 Å². The third-order valence-electron chi connectivity index (χ3n) is 6.76. The summed E-state index contributed by atoms with van der Waals surface area (Å²) in [6, 6.07) is 8.77. The normalized spacial score (nSPS) is 20.5. The van der Waals surface area contributed by atoms with Gasteiger partial charge >= 0.3 is 0 Å². The van der Waals surface area contributed by atoms with Gasteiger partial charge < -0.3 is 19.9 Å². The van der Waals surface area contributed by atoms with Gasteiger partial charge in [-0.1, -0.05) is 33.8 Å². The van der Waals surface area contributed by atoms with Crippen molar-refractivity contribution < 1.29 is 14.3 Å². The van der Waals surface area contributed by atoms with Crippen molar-refractivity contribution in [1.29, 1.82) is 5.26 Å². The molecule has 1 aromatic carbocycles. The van der Waals surface area contributed by atoms with E-state index >= 15 is 0 Å². The first-order chi connectivity index (χ1) is 16.3. The number of hydrogen-bond donors (Lipinski definition) is 1. The molecule has 0 radical (unpaired) electrons. The van der Waals surface area contributed by atoms with E-state index in [1.165, 1.54) is 0 Å². The second kappa shape index (κ2) is 12.2. The Bertz CT molecular complexity index is 871. The van der Waals surface area contributed by atoms with E-state index in [-0.39, 0.29) is 23.9 Å². The number of carbonyl (C=O) groups is 2. The van der Waals surface area contributed by atoms with Gasteiger partial charge in [0.25, 0.3) is 0 Å². The van der Waals surface area contributed by atoms with Gasteiger partial charge in [-0.15, -0.1) is 0 Å². The van der Waals surface area contributed by atoms with Crippen molar-refractivity contribution in [3.63, 3.8) is 0 Å². The molecule has 0 spiro atoms. The van der Waals surface area contributed by atoms with Gasteiger partial charge in [0.2, 0.25) is 11.8 Å². The van der Waals surface area contributed by atoms with Gasteiger partial charge in [0.1, 0.15) is 11.8 Å². The van der Waals surface area contributed by atoms with Crippen LogP contribution in [-0.4, -0.2) is 66.5 Å². The number of nitrogens with zero attached hydrogens (tertiary/aromatic N) is 3. The molecule has 2 heterocycles. The molecule has 186 valence electrons. The predicted octanol–water partition coefficient (Wildman–Crippen LogP) is 3.44. The molecule has 2 saturated heterocycles. The number of piperazine rings is 1. The molecule has 7 heteroatoms. The van der Waals surface area contributed by atoms with Gasteiger partial charge in [-0.3, -0.25) is 9.59 Å². The van der Waals surface area contributed by atoms with Crippen LogP contribution in [0.15, 0.2) is 24.3 Å². The lowest BCUT2D eigenvalue weighted by Gasteiger charge is -2.42. The minimum Gasteiger partial charge on any atom is -0.493 e. The highest BCUT2D eigenvalue weighted by atomic mass is 16.5. The van der Waals surface area contributed by atoms with Crippen molar-refractivity contribution in [2.45, 2.75) is 65.5 Å². The predicted molar refractivity (Wildman–Crippen MR) is 132 cm³/mol. The first-order valence-electron chi connectivity index (χ1n) is 12.7. The lowest BCUT2D eigenvalue weighted by Crippen LogP contribution is -2.62. The van der Waals surface area contributed by atoms with E-state index in [4.69, 9.17) is 10.00 Å². The zero-order valence-corrected chi connectivity index (χ0v) is 21.1. The van der Waals surface area contributed by atoms with Gasteiger partial charge in [0.15, 0.2) is 0 Å². The summed E-state index contributed by atoms with van der Waals surface area (Å²) in [7, 11) is 0. The summed E-state index contributed by atoms with van der Waals surface area (Å²) in [6.45, 7) is 11.8.